The van der Waals surface area contributed by atoms with Crippen LogP contribution in [0.3, 0.4) is 0 Å². The van der Waals surface area contributed by atoms with Gasteiger partial charge in [0.15, 0.2) is 11.5 Å². The molecular weight excluding hydrogens is 509 g/mol. The van der Waals surface area contributed by atoms with E-state index in [1.807, 2.05) is 20.1 Å². The summed E-state index contributed by atoms with van der Waals surface area (Å²) in [5, 5.41) is 6.07. The number of nitrogens with one attached hydrogen (secondary N) is 2. The summed E-state index contributed by atoms with van der Waals surface area (Å²) in [6.07, 6.45) is 6.79. The van der Waals surface area contributed by atoms with Crippen molar-refractivity contribution in [3.63, 3.8) is 0 Å². The topological polar surface area (TPSA) is 79.9 Å². The molecule has 194 valence electrons. The van der Waals surface area contributed by atoms with Crippen molar-refractivity contribution in [3.8, 4) is 11.5 Å². The van der Waals surface area contributed by atoms with E-state index >= 15 is 0 Å². The molecule has 0 aromatic heterocycles. The first-order valence-corrected chi connectivity index (χ1v) is 14.3. The maximum Gasteiger partial charge on any atom is 0.251 e. The SMILES string of the molecule is CSC1CC(Cl)NC(=O)C1CNC(=O)c1cc(Cl)c2c(c1C)O[C@@](C)(C1CCC(N(C)C)CC1)O2. The van der Waals surface area contributed by atoms with E-state index in [1.165, 1.54) is 0 Å². The molecule has 2 heterocycles. The van der Waals surface area contributed by atoms with Gasteiger partial charge in [-0.3, -0.25) is 9.59 Å². The van der Waals surface area contributed by atoms with Gasteiger partial charge in [0.05, 0.1) is 10.9 Å². The van der Waals surface area contributed by atoms with Gasteiger partial charge in [0.25, 0.3) is 11.7 Å². The maximum atomic E-state index is 13.2. The predicted octanol–water partition coefficient (Wildman–Crippen LogP) is 4.42. The van der Waals surface area contributed by atoms with Crippen molar-refractivity contribution in [2.24, 2.45) is 11.8 Å². The average Bonchev–Trinajstić information content (AvgIpc) is 3.20. The Bertz CT molecular complexity index is 986. The van der Waals surface area contributed by atoms with Crippen molar-refractivity contribution < 1.29 is 19.1 Å². The molecule has 2 N–H and O–H groups in total. The average molecular weight is 545 g/mol. The minimum Gasteiger partial charge on any atom is -0.448 e. The first-order valence-electron chi connectivity index (χ1n) is 12.2. The van der Waals surface area contributed by atoms with Gasteiger partial charge >= 0.3 is 0 Å². The van der Waals surface area contributed by atoms with Crippen LogP contribution in [0.5, 0.6) is 11.5 Å². The molecule has 3 aliphatic rings. The molecule has 35 heavy (non-hydrogen) atoms. The summed E-state index contributed by atoms with van der Waals surface area (Å²) in [5.41, 5.74) is 0.724. The van der Waals surface area contributed by atoms with Crippen LogP contribution < -0.4 is 20.1 Å². The summed E-state index contributed by atoms with van der Waals surface area (Å²) in [5.74, 6) is -0.338. The number of hydrogen-bond donors (Lipinski definition) is 2. The highest BCUT2D eigenvalue weighted by Crippen LogP contribution is 2.51. The van der Waals surface area contributed by atoms with Gasteiger partial charge in [0.1, 0.15) is 5.50 Å². The van der Waals surface area contributed by atoms with Crippen molar-refractivity contribution in [2.45, 2.75) is 68.5 Å². The normalized spacial score (nSPS) is 32.5. The summed E-state index contributed by atoms with van der Waals surface area (Å²) in [4.78, 5) is 27.9. The van der Waals surface area contributed by atoms with Gasteiger partial charge in [-0.2, -0.15) is 11.8 Å². The molecule has 1 saturated carbocycles. The lowest BCUT2D eigenvalue weighted by atomic mass is 9.81. The first kappa shape index (κ1) is 26.7. The van der Waals surface area contributed by atoms with Crippen LogP contribution in [0.4, 0.5) is 0 Å². The van der Waals surface area contributed by atoms with Crippen LogP contribution in [0.1, 0.15) is 54.9 Å². The number of nitrogens with zero attached hydrogens (tertiary/aromatic N) is 1. The monoisotopic (exact) mass is 543 g/mol. The summed E-state index contributed by atoms with van der Waals surface area (Å²) in [6, 6.07) is 2.21. The molecule has 0 spiro atoms. The molecule has 0 radical (unpaired) electrons. The Morgan fingerprint density at radius 3 is 2.54 bits per heavy atom. The fourth-order valence-electron chi connectivity index (χ4n) is 5.50. The standard InChI is InChI=1S/C25H35Cl2N3O4S/c1-13-16(23(31)28-12-17-19(35-5)11-20(27)29-24(17)32)10-18(26)22-21(13)33-25(2,34-22)14-6-8-15(9-7-14)30(3)4/h10,14-15,17,19-20H,6-9,11-12H2,1-5H3,(H,28,31)(H,29,32)/t14?,15?,17?,19?,20?,25-/m1/s1. The number of thioether (sulfide) groups is 1. The third-order valence-electron chi connectivity index (χ3n) is 7.77. The Kier molecular flexibility index (Phi) is 8.06. The predicted molar refractivity (Wildman–Crippen MR) is 141 cm³/mol. The second-order valence-corrected chi connectivity index (χ2v) is 12.2. The van der Waals surface area contributed by atoms with E-state index in [-0.39, 0.29) is 40.9 Å². The van der Waals surface area contributed by atoms with Gasteiger partial charge in [0, 0.05) is 41.8 Å². The molecule has 0 bridgehead atoms. The highest BCUT2D eigenvalue weighted by Gasteiger charge is 2.47. The molecule has 3 unspecified atom stereocenters. The van der Waals surface area contributed by atoms with E-state index in [1.54, 1.807) is 17.8 Å². The number of hydrogen-bond acceptors (Lipinski definition) is 6. The summed E-state index contributed by atoms with van der Waals surface area (Å²) in [7, 11) is 4.24. The number of carbonyl (C=O) groups is 2. The smallest absolute Gasteiger partial charge is 0.251 e. The highest BCUT2D eigenvalue weighted by molar-refractivity contribution is 7.99. The Labute approximate surface area is 221 Å². The van der Waals surface area contributed by atoms with Crippen molar-refractivity contribution in [2.75, 3.05) is 26.9 Å². The Morgan fingerprint density at radius 2 is 1.91 bits per heavy atom. The van der Waals surface area contributed by atoms with Crippen LogP contribution in [-0.4, -0.2) is 66.2 Å². The molecule has 2 aliphatic heterocycles. The molecule has 1 saturated heterocycles. The number of rotatable bonds is 6. The molecule has 4 rings (SSSR count). The molecule has 4 atom stereocenters. The second kappa shape index (κ2) is 10.6. The van der Waals surface area contributed by atoms with E-state index in [0.29, 0.717) is 40.1 Å². The van der Waals surface area contributed by atoms with Crippen LogP contribution in [0.2, 0.25) is 5.02 Å². The second-order valence-electron chi connectivity index (χ2n) is 10.2. The zero-order valence-electron chi connectivity index (χ0n) is 21.0. The van der Waals surface area contributed by atoms with Crippen molar-refractivity contribution >= 4 is 46.8 Å². The third-order valence-corrected chi connectivity index (χ3v) is 9.46. The highest BCUT2D eigenvalue weighted by atomic mass is 35.5. The molecule has 1 aromatic rings. The Morgan fingerprint density at radius 1 is 1.26 bits per heavy atom. The van der Waals surface area contributed by atoms with Gasteiger partial charge in [-0.25, -0.2) is 0 Å². The third kappa shape index (κ3) is 5.36. The lowest BCUT2D eigenvalue weighted by Gasteiger charge is -2.39. The number of ether oxygens (including phenoxy) is 2. The molecule has 2 amide bonds. The molecule has 10 heteroatoms. The Balaban J connectivity index is 1.47. The molecule has 1 aliphatic carbocycles. The summed E-state index contributed by atoms with van der Waals surface area (Å²) in [6.45, 7) is 4.04. The van der Waals surface area contributed by atoms with Crippen LogP contribution in [0.15, 0.2) is 6.07 Å². The minimum atomic E-state index is -0.813. The number of halogens is 2. The molecular formula is C25H35Cl2N3O4S. The van der Waals surface area contributed by atoms with Crippen molar-refractivity contribution in [1.29, 1.82) is 0 Å². The molecule has 7 nitrogen and oxygen atoms in total. The van der Waals surface area contributed by atoms with E-state index in [0.717, 1.165) is 25.7 Å². The quantitative estimate of drug-likeness (QED) is 0.408. The summed E-state index contributed by atoms with van der Waals surface area (Å²) >= 11 is 14.3. The Hall–Kier alpha value is -1.35. The fraction of sp³-hybridized carbons (Fsp3) is 0.680. The number of fused-ring (bicyclic) bond motifs is 1. The largest absolute Gasteiger partial charge is 0.448 e. The van der Waals surface area contributed by atoms with Gasteiger partial charge in [0.2, 0.25) is 5.91 Å². The van der Waals surface area contributed by atoms with Gasteiger partial charge in [-0.1, -0.05) is 23.2 Å². The van der Waals surface area contributed by atoms with Crippen LogP contribution in [0.25, 0.3) is 0 Å². The maximum absolute atomic E-state index is 13.2. The van der Waals surface area contributed by atoms with E-state index < -0.39 is 5.79 Å². The van der Waals surface area contributed by atoms with Gasteiger partial charge in [-0.05, 0) is 65.4 Å². The number of carbonyl (C=O) groups excluding carboxylic acids is 2. The van der Waals surface area contributed by atoms with Crippen LogP contribution in [-0.2, 0) is 4.79 Å². The van der Waals surface area contributed by atoms with E-state index in [4.69, 9.17) is 32.7 Å². The zero-order chi connectivity index (χ0) is 25.5. The first-order chi connectivity index (χ1) is 16.5. The molecule has 1 aromatic carbocycles. The summed E-state index contributed by atoms with van der Waals surface area (Å²) < 4.78 is 12.7. The molecule has 2 fully saturated rings. The van der Waals surface area contributed by atoms with Crippen molar-refractivity contribution in [3.05, 3.63) is 22.2 Å². The lowest BCUT2D eigenvalue weighted by molar-refractivity contribution is -0.126. The minimum absolute atomic E-state index is 0.0382. The number of alkyl halides is 1. The van der Waals surface area contributed by atoms with Crippen LogP contribution >= 0.6 is 35.0 Å². The lowest BCUT2D eigenvalue weighted by Crippen LogP contribution is -2.51. The van der Waals surface area contributed by atoms with E-state index in [2.05, 4.69) is 29.6 Å². The fourth-order valence-corrected chi connectivity index (χ4v) is 7.08. The van der Waals surface area contributed by atoms with E-state index in [9.17, 15) is 9.59 Å². The van der Waals surface area contributed by atoms with Gasteiger partial charge < -0.3 is 25.0 Å². The number of piperidine rings is 1. The number of benzene rings is 1. The number of amides is 2. The zero-order valence-corrected chi connectivity index (χ0v) is 23.3. The van der Waals surface area contributed by atoms with Crippen LogP contribution in [0, 0.1) is 18.8 Å². The van der Waals surface area contributed by atoms with Gasteiger partial charge in [-0.15, -0.1) is 0 Å². The van der Waals surface area contributed by atoms with Crippen molar-refractivity contribution in [1.82, 2.24) is 15.5 Å².